The van der Waals surface area contributed by atoms with Gasteiger partial charge in [-0.2, -0.15) is 0 Å². The Morgan fingerprint density at radius 2 is 2.14 bits per heavy atom. The van der Waals surface area contributed by atoms with E-state index in [1.807, 2.05) is 19.2 Å². The van der Waals surface area contributed by atoms with E-state index in [9.17, 15) is 19.6 Å². The van der Waals surface area contributed by atoms with Crippen molar-refractivity contribution in [3.8, 4) is 0 Å². The number of aromatic nitrogens is 3. The first-order chi connectivity index (χ1) is 16.8. The highest BCUT2D eigenvalue weighted by atomic mass is 32.1. The van der Waals surface area contributed by atoms with E-state index in [0.29, 0.717) is 29.0 Å². The van der Waals surface area contributed by atoms with Gasteiger partial charge in [0.2, 0.25) is 5.60 Å². The summed E-state index contributed by atoms with van der Waals surface area (Å²) in [5.41, 5.74) is 2.32. The van der Waals surface area contributed by atoms with Crippen molar-refractivity contribution < 1.29 is 24.5 Å². The molecule has 0 fully saturated rings. The van der Waals surface area contributed by atoms with Gasteiger partial charge in [-0.1, -0.05) is 19.0 Å². The third kappa shape index (κ3) is 5.69. The van der Waals surface area contributed by atoms with Gasteiger partial charge in [-0.3, -0.25) is 9.59 Å². The maximum atomic E-state index is 13.4. The van der Waals surface area contributed by atoms with Crippen LogP contribution in [-0.4, -0.2) is 67.1 Å². The van der Waals surface area contributed by atoms with Gasteiger partial charge in [-0.25, -0.2) is 9.97 Å². The fourth-order valence-corrected chi connectivity index (χ4v) is 4.58. The van der Waals surface area contributed by atoms with E-state index in [-0.39, 0.29) is 31.2 Å². The molecule has 0 saturated carbocycles. The Labute approximate surface area is 206 Å². The minimum atomic E-state index is -1.72. The predicted octanol–water partition coefficient (Wildman–Crippen LogP) is 0.821. The van der Waals surface area contributed by atoms with Crippen LogP contribution in [0.3, 0.4) is 0 Å². The number of oxime groups is 1. The van der Waals surface area contributed by atoms with Crippen molar-refractivity contribution in [2.24, 2.45) is 11.1 Å². The minimum Gasteiger partial charge on any atom is -0.426 e. The predicted molar refractivity (Wildman–Crippen MR) is 131 cm³/mol. The van der Waals surface area contributed by atoms with Crippen LogP contribution in [0.2, 0.25) is 0 Å². The van der Waals surface area contributed by atoms with Crippen LogP contribution in [0.1, 0.15) is 42.7 Å². The number of carbonyl (C=O) groups excluding carboxylic acids is 2. The Balaban J connectivity index is 1.46. The molecule has 4 N–H and O–H groups in total. The molecule has 11 nitrogen and oxygen atoms in total. The number of nitrogens with zero attached hydrogens (tertiary/aromatic N) is 4. The van der Waals surface area contributed by atoms with Crippen molar-refractivity contribution in [3.05, 3.63) is 52.9 Å². The maximum Gasteiger partial charge on any atom is 0.475 e. The van der Waals surface area contributed by atoms with Gasteiger partial charge >= 0.3 is 7.12 Å². The molecule has 3 aromatic heterocycles. The first-order valence-electron chi connectivity index (χ1n) is 11.3. The van der Waals surface area contributed by atoms with E-state index in [0.717, 1.165) is 0 Å². The summed E-state index contributed by atoms with van der Waals surface area (Å²) in [7, 11) is -1.72. The summed E-state index contributed by atoms with van der Waals surface area (Å²) >= 11 is 1.39. The average molecular weight is 498 g/mol. The summed E-state index contributed by atoms with van der Waals surface area (Å²) < 4.78 is 1.75. The van der Waals surface area contributed by atoms with Crippen molar-refractivity contribution in [1.29, 1.82) is 0 Å². The molecule has 4 heterocycles. The third-order valence-corrected chi connectivity index (χ3v) is 6.36. The molecule has 0 bridgehead atoms. The largest absolute Gasteiger partial charge is 0.475 e. The molecular weight excluding hydrogens is 471 g/mol. The summed E-state index contributed by atoms with van der Waals surface area (Å²) in [6, 6.07) is 3.44. The Morgan fingerprint density at radius 1 is 1.31 bits per heavy atom. The van der Waals surface area contributed by atoms with Gasteiger partial charge in [-0.15, -0.1) is 11.3 Å². The molecule has 2 unspecified atom stereocenters. The number of imidazole rings is 1. The zero-order valence-electron chi connectivity index (χ0n) is 19.4. The molecule has 35 heavy (non-hydrogen) atoms. The van der Waals surface area contributed by atoms with E-state index < -0.39 is 24.6 Å². The van der Waals surface area contributed by atoms with E-state index in [1.54, 1.807) is 40.6 Å². The van der Waals surface area contributed by atoms with Gasteiger partial charge in [0.1, 0.15) is 5.65 Å². The lowest BCUT2D eigenvalue weighted by atomic mass is 9.74. The number of fused-ring (bicyclic) bond motifs is 1. The number of nitrogens with one attached hydrogen (secondary N) is 2. The Morgan fingerprint density at radius 3 is 2.86 bits per heavy atom. The number of rotatable bonds is 10. The third-order valence-electron chi connectivity index (χ3n) is 5.72. The second-order valence-electron chi connectivity index (χ2n) is 8.96. The Hall–Kier alpha value is -3.29. The van der Waals surface area contributed by atoms with Crippen LogP contribution in [0.25, 0.3) is 5.65 Å². The molecule has 0 saturated heterocycles. The average Bonchev–Trinajstić information content (AvgIpc) is 3.58. The van der Waals surface area contributed by atoms with Gasteiger partial charge in [0.25, 0.3) is 11.8 Å². The van der Waals surface area contributed by atoms with E-state index in [1.165, 1.54) is 11.3 Å². The number of hydrogen-bond donors (Lipinski definition) is 4. The summed E-state index contributed by atoms with van der Waals surface area (Å²) in [5, 5.41) is 31.0. The highest BCUT2D eigenvalue weighted by molar-refractivity contribution is 7.07. The molecule has 13 heteroatoms. The lowest BCUT2D eigenvalue weighted by Crippen LogP contribution is -2.56. The molecule has 0 aliphatic carbocycles. The van der Waals surface area contributed by atoms with Crippen molar-refractivity contribution in [2.75, 3.05) is 6.54 Å². The number of hydrogen-bond acceptors (Lipinski definition) is 9. The van der Waals surface area contributed by atoms with Crippen molar-refractivity contribution in [3.63, 3.8) is 0 Å². The van der Waals surface area contributed by atoms with Crippen LogP contribution in [-0.2, 0) is 16.1 Å². The van der Waals surface area contributed by atoms with Crippen molar-refractivity contribution in [2.45, 2.75) is 44.7 Å². The Kier molecular flexibility index (Phi) is 7.48. The van der Waals surface area contributed by atoms with Gasteiger partial charge in [0.05, 0.1) is 35.0 Å². The highest BCUT2D eigenvalue weighted by Crippen LogP contribution is 2.29. The molecule has 184 valence electrons. The summed E-state index contributed by atoms with van der Waals surface area (Å²) in [5.74, 6) is -1.58. The van der Waals surface area contributed by atoms with Crippen LogP contribution >= 0.6 is 11.3 Å². The van der Waals surface area contributed by atoms with Crippen molar-refractivity contribution >= 4 is 41.6 Å². The zero-order valence-corrected chi connectivity index (χ0v) is 20.2. The van der Waals surface area contributed by atoms with E-state index in [4.69, 9.17) is 4.84 Å². The first kappa shape index (κ1) is 24.8. The number of amides is 2. The smallest absolute Gasteiger partial charge is 0.426 e. The molecule has 4 rings (SSSR count). The monoisotopic (exact) mass is 498 g/mol. The maximum absolute atomic E-state index is 13.4. The zero-order chi connectivity index (χ0) is 25.0. The van der Waals surface area contributed by atoms with Gasteiger partial charge < -0.3 is 29.9 Å². The summed E-state index contributed by atoms with van der Waals surface area (Å²) in [6.45, 7) is 3.92. The molecule has 2 atom stereocenters. The van der Waals surface area contributed by atoms with Gasteiger partial charge in [0, 0.05) is 36.8 Å². The molecule has 0 spiro atoms. The van der Waals surface area contributed by atoms with E-state index >= 15 is 0 Å². The molecule has 0 aromatic carbocycles. The number of carbonyl (C=O) groups is 2. The first-order valence-corrected chi connectivity index (χ1v) is 12.2. The SMILES string of the molecule is CC(C)CC(NC(=O)C1(Cc2cscn2)CC(CNC(=O)c2cccn3ccnc23)=NO1)B(O)O. The summed E-state index contributed by atoms with van der Waals surface area (Å²) in [4.78, 5) is 40.3. The highest BCUT2D eigenvalue weighted by Gasteiger charge is 2.48. The van der Waals surface area contributed by atoms with Crippen molar-refractivity contribution in [1.82, 2.24) is 25.0 Å². The van der Waals surface area contributed by atoms with Crippen LogP contribution in [0.4, 0.5) is 0 Å². The fraction of sp³-hybridized carbons (Fsp3) is 0.409. The van der Waals surface area contributed by atoms with Gasteiger partial charge in [0.15, 0.2) is 0 Å². The van der Waals surface area contributed by atoms with Crippen LogP contribution in [0, 0.1) is 5.92 Å². The Bertz CT molecular complexity index is 1210. The normalized spacial score (nSPS) is 18.3. The second kappa shape index (κ2) is 10.5. The van der Waals surface area contributed by atoms with E-state index in [2.05, 4.69) is 25.8 Å². The molecule has 2 amide bonds. The van der Waals surface area contributed by atoms with Gasteiger partial charge in [-0.05, 0) is 24.5 Å². The second-order valence-corrected chi connectivity index (χ2v) is 9.68. The van der Waals surface area contributed by atoms with Crippen LogP contribution in [0.5, 0.6) is 0 Å². The molecule has 1 aliphatic rings. The quantitative estimate of drug-likeness (QED) is 0.302. The van der Waals surface area contributed by atoms with Crippen LogP contribution in [0.15, 0.2) is 46.8 Å². The molecule has 0 radical (unpaired) electrons. The molecule has 3 aromatic rings. The lowest BCUT2D eigenvalue weighted by molar-refractivity contribution is -0.144. The molecular formula is C22H27BN6O5S. The number of pyridine rings is 1. The lowest BCUT2D eigenvalue weighted by Gasteiger charge is -2.28. The fourth-order valence-electron chi connectivity index (χ4n) is 4.02. The topological polar surface area (TPSA) is 150 Å². The summed E-state index contributed by atoms with van der Waals surface area (Å²) in [6.07, 6.45) is 5.80. The minimum absolute atomic E-state index is 0.0741. The molecule has 1 aliphatic heterocycles. The standard InChI is InChI=1S/C22H27BN6O5S/c1-14(2)8-18(23(32)33)27-21(31)22(10-16-12-35-13-26-16)9-15(28-34-22)11-25-20(30)17-4-3-6-29-7-5-24-19(17)29/h3-7,12-14,18,32-33H,8-11H2,1-2H3,(H,25,30)(H,27,31). The van der Waals surface area contributed by atoms with Crippen LogP contribution < -0.4 is 10.6 Å². The number of thiazole rings is 1.